The van der Waals surface area contributed by atoms with E-state index in [0.29, 0.717) is 17.1 Å². The van der Waals surface area contributed by atoms with Crippen molar-refractivity contribution in [3.8, 4) is 6.07 Å². The number of carbonyl (C=O) groups is 1. The minimum Gasteiger partial charge on any atom is -0.459 e. The minimum absolute atomic E-state index is 0.0874. The summed E-state index contributed by atoms with van der Waals surface area (Å²) >= 11 is 12.2. The number of benzene rings is 1. The highest BCUT2D eigenvalue weighted by atomic mass is 35.5. The fourth-order valence-corrected chi connectivity index (χ4v) is 4.97. The van der Waals surface area contributed by atoms with Crippen LogP contribution in [-0.2, 0) is 14.9 Å². The van der Waals surface area contributed by atoms with Gasteiger partial charge in [0.2, 0.25) is 0 Å². The summed E-state index contributed by atoms with van der Waals surface area (Å²) in [5, 5.41) is 14.4. The zero-order valence-electron chi connectivity index (χ0n) is 20.2. The lowest BCUT2D eigenvalue weighted by Gasteiger charge is -2.36. The quantitative estimate of drug-likeness (QED) is 0.501. The molecule has 0 saturated carbocycles. The number of pyridine rings is 1. The summed E-state index contributed by atoms with van der Waals surface area (Å²) in [6.45, 7) is 11.4. The summed E-state index contributed by atoms with van der Waals surface area (Å²) in [4.78, 5) is 17.9. The number of nitrogens with one attached hydrogen (secondary N) is 1. The number of rotatable bonds is 4. The first-order chi connectivity index (χ1) is 15.7. The summed E-state index contributed by atoms with van der Waals surface area (Å²) in [7, 11) is 0. The van der Waals surface area contributed by atoms with E-state index >= 15 is 4.39 Å². The Kier molecular flexibility index (Phi) is 7.34. The zero-order chi connectivity index (χ0) is 25.5. The van der Waals surface area contributed by atoms with Crippen LogP contribution in [0, 0.1) is 22.6 Å². The molecule has 34 heavy (non-hydrogen) atoms. The molecule has 2 heterocycles. The molecule has 1 fully saturated rings. The van der Waals surface area contributed by atoms with Crippen LogP contribution >= 0.6 is 23.2 Å². The maximum absolute atomic E-state index is 15.5. The van der Waals surface area contributed by atoms with Crippen molar-refractivity contribution in [1.82, 2.24) is 10.3 Å². The smallest absolute Gasteiger partial charge is 0.324 e. The van der Waals surface area contributed by atoms with Crippen molar-refractivity contribution in [1.29, 1.82) is 5.26 Å². The van der Waals surface area contributed by atoms with Crippen LogP contribution in [0.1, 0.15) is 65.1 Å². The van der Waals surface area contributed by atoms with Gasteiger partial charge < -0.3 is 4.74 Å². The largest absolute Gasteiger partial charge is 0.459 e. The summed E-state index contributed by atoms with van der Waals surface area (Å²) < 4.78 is 21.2. The molecular weight excluding hydrogens is 476 g/mol. The molecule has 0 amide bonds. The molecule has 3 rings (SSSR count). The van der Waals surface area contributed by atoms with E-state index < -0.39 is 40.8 Å². The number of aromatic nitrogens is 1. The van der Waals surface area contributed by atoms with Gasteiger partial charge in [0.05, 0.1) is 21.8 Å². The molecule has 1 N–H and O–H groups in total. The predicted octanol–water partition coefficient (Wildman–Crippen LogP) is 6.19. The van der Waals surface area contributed by atoms with Gasteiger partial charge in [-0.05, 0) is 56.4 Å². The van der Waals surface area contributed by atoms with E-state index in [9.17, 15) is 10.1 Å². The molecule has 1 aliphatic heterocycles. The Morgan fingerprint density at radius 2 is 1.88 bits per heavy atom. The summed E-state index contributed by atoms with van der Waals surface area (Å²) in [5.41, 5.74) is -1.83. The first kappa shape index (κ1) is 26.4. The van der Waals surface area contributed by atoms with Crippen molar-refractivity contribution in [2.24, 2.45) is 5.41 Å². The van der Waals surface area contributed by atoms with Crippen LogP contribution in [-0.4, -0.2) is 28.6 Å². The number of esters is 1. The molecule has 1 aromatic carbocycles. The Morgan fingerprint density at radius 1 is 1.21 bits per heavy atom. The van der Waals surface area contributed by atoms with Crippen LogP contribution < -0.4 is 5.32 Å². The lowest BCUT2D eigenvalue weighted by atomic mass is 9.64. The van der Waals surface area contributed by atoms with Crippen molar-refractivity contribution in [2.75, 3.05) is 0 Å². The van der Waals surface area contributed by atoms with E-state index in [-0.39, 0.29) is 16.0 Å². The van der Waals surface area contributed by atoms with Gasteiger partial charge in [-0.3, -0.25) is 15.1 Å². The van der Waals surface area contributed by atoms with E-state index in [4.69, 9.17) is 27.9 Å². The molecule has 182 valence electrons. The predicted molar refractivity (Wildman–Crippen MR) is 131 cm³/mol. The minimum atomic E-state index is -1.40. The third kappa shape index (κ3) is 5.22. The first-order valence-corrected chi connectivity index (χ1v) is 11.9. The van der Waals surface area contributed by atoms with Gasteiger partial charge in [-0.2, -0.15) is 5.26 Å². The van der Waals surface area contributed by atoms with Crippen LogP contribution in [0.3, 0.4) is 0 Å². The lowest BCUT2D eigenvalue weighted by Crippen LogP contribution is -2.44. The van der Waals surface area contributed by atoms with Crippen LogP contribution in [0.15, 0.2) is 36.5 Å². The Bertz CT molecular complexity index is 1100. The number of nitriles is 1. The number of ether oxygens (including phenoxy) is 1. The second-order valence-corrected chi connectivity index (χ2v) is 11.8. The van der Waals surface area contributed by atoms with Gasteiger partial charge in [0.1, 0.15) is 22.9 Å². The molecule has 0 radical (unpaired) electrons. The average molecular weight is 506 g/mol. The molecular formula is C26H30Cl2FN3O2. The van der Waals surface area contributed by atoms with Crippen molar-refractivity contribution >= 4 is 29.2 Å². The second kappa shape index (κ2) is 9.45. The fourth-order valence-electron chi connectivity index (χ4n) is 4.67. The molecule has 2 aromatic rings. The maximum atomic E-state index is 15.5. The van der Waals surface area contributed by atoms with E-state index in [1.807, 2.05) is 20.8 Å². The molecule has 0 unspecified atom stereocenters. The topological polar surface area (TPSA) is 75.0 Å². The molecule has 1 aromatic heterocycles. The third-order valence-electron chi connectivity index (χ3n) is 5.88. The van der Waals surface area contributed by atoms with Gasteiger partial charge in [0, 0.05) is 18.2 Å². The molecule has 8 heteroatoms. The van der Waals surface area contributed by atoms with E-state index in [2.05, 4.69) is 16.4 Å². The van der Waals surface area contributed by atoms with Gasteiger partial charge in [-0.25, -0.2) is 4.39 Å². The Labute approximate surface area is 210 Å². The van der Waals surface area contributed by atoms with Crippen molar-refractivity contribution in [2.45, 2.75) is 77.0 Å². The zero-order valence-corrected chi connectivity index (χ0v) is 21.8. The fraction of sp³-hybridized carbons (Fsp3) is 0.500. The molecule has 0 spiro atoms. The molecule has 5 nitrogen and oxygen atoms in total. The third-order valence-corrected chi connectivity index (χ3v) is 6.40. The van der Waals surface area contributed by atoms with Gasteiger partial charge in [0.15, 0.2) is 0 Å². The first-order valence-electron chi connectivity index (χ1n) is 11.2. The Morgan fingerprint density at radius 3 is 2.41 bits per heavy atom. The summed E-state index contributed by atoms with van der Waals surface area (Å²) in [5.74, 6) is -2.19. The van der Waals surface area contributed by atoms with Gasteiger partial charge in [-0.1, -0.05) is 56.1 Å². The molecule has 0 bridgehead atoms. The molecule has 1 saturated heterocycles. The van der Waals surface area contributed by atoms with Crippen molar-refractivity contribution in [3.63, 3.8) is 0 Å². The van der Waals surface area contributed by atoms with Gasteiger partial charge >= 0.3 is 5.97 Å². The second-order valence-electron chi connectivity index (χ2n) is 11.0. The summed E-state index contributed by atoms with van der Waals surface area (Å²) in [6.07, 6.45) is 1.97. The number of nitrogens with zero attached hydrogens (tertiary/aromatic N) is 2. The van der Waals surface area contributed by atoms with E-state index in [1.54, 1.807) is 45.0 Å². The van der Waals surface area contributed by atoms with Crippen LogP contribution in [0.5, 0.6) is 0 Å². The van der Waals surface area contributed by atoms with Crippen LogP contribution in [0.25, 0.3) is 0 Å². The number of hydrogen-bond donors (Lipinski definition) is 1. The Hall–Kier alpha value is -2.20. The normalized spacial score (nSPS) is 25.1. The highest BCUT2D eigenvalue weighted by Crippen LogP contribution is 2.51. The lowest BCUT2D eigenvalue weighted by molar-refractivity contribution is -0.157. The van der Waals surface area contributed by atoms with E-state index in [1.165, 1.54) is 12.3 Å². The van der Waals surface area contributed by atoms with Crippen LogP contribution in [0.4, 0.5) is 4.39 Å². The van der Waals surface area contributed by atoms with Gasteiger partial charge in [-0.15, -0.1) is 0 Å². The average Bonchev–Trinajstić information content (AvgIpc) is 3.02. The number of halogens is 3. The molecule has 1 aliphatic rings. The van der Waals surface area contributed by atoms with Gasteiger partial charge in [0.25, 0.3) is 0 Å². The van der Waals surface area contributed by atoms with Crippen molar-refractivity contribution < 1.29 is 13.9 Å². The SMILES string of the molecule is CC(C)(C)C[C@@H]1N[C@@H](C(=O)OC(C)(C)C)[C@H](c2cccc(Cl)c2F)[C@@]1(C#N)c1ccc(Cl)cn1. The standard InChI is InChI=1S/C26H30Cl2FN3O2/c1-24(2,3)12-19-26(14-30,18-11-10-15(27)13-31-18)20(16-8-7-9-17(28)21(16)29)22(32-19)23(33)34-25(4,5)6/h7-11,13,19-20,22,32H,12H2,1-6H3/t19-,20-,22+,26-/m0/s1. The summed E-state index contributed by atoms with van der Waals surface area (Å²) in [6, 6.07) is 8.82. The molecule has 0 aliphatic carbocycles. The van der Waals surface area contributed by atoms with Crippen molar-refractivity contribution in [3.05, 3.63) is 63.6 Å². The number of hydrogen-bond acceptors (Lipinski definition) is 5. The van der Waals surface area contributed by atoms with E-state index in [0.717, 1.165) is 0 Å². The highest BCUT2D eigenvalue weighted by Gasteiger charge is 2.61. The number of carbonyl (C=O) groups excluding carboxylic acids is 1. The maximum Gasteiger partial charge on any atom is 0.324 e. The Balaban J connectivity index is 2.32. The monoisotopic (exact) mass is 505 g/mol. The van der Waals surface area contributed by atoms with Crippen LogP contribution in [0.2, 0.25) is 10.0 Å². The highest BCUT2D eigenvalue weighted by molar-refractivity contribution is 6.31. The molecule has 4 atom stereocenters.